The molecule has 1 aromatic rings. The van der Waals surface area contributed by atoms with Crippen LogP contribution >= 0.6 is 0 Å². The van der Waals surface area contributed by atoms with Crippen LogP contribution in [0.4, 0.5) is 11.6 Å². The van der Waals surface area contributed by atoms with Crippen molar-refractivity contribution in [2.45, 2.75) is 37.6 Å². The molecule has 0 aromatic carbocycles. The Bertz CT molecular complexity index is 332. The van der Waals surface area contributed by atoms with E-state index < -0.39 is 0 Å². The lowest BCUT2D eigenvalue weighted by molar-refractivity contribution is 0.172. The molecule has 0 aliphatic heterocycles. The van der Waals surface area contributed by atoms with E-state index in [1.165, 1.54) is 6.42 Å². The van der Waals surface area contributed by atoms with Crippen LogP contribution in [0, 0.1) is 0 Å². The minimum Gasteiger partial charge on any atom is -0.396 e. The lowest BCUT2D eigenvalue weighted by Gasteiger charge is -2.36. The van der Waals surface area contributed by atoms with E-state index in [1.807, 2.05) is 0 Å². The number of nitrogens with one attached hydrogen (secondary N) is 1. The summed E-state index contributed by atoms with van der Waals surface area (Å²) in [4.78, 5) is 8.21. The molecule has 0 saturated heterocycles. The van der Waals surface area contributed by atoms with E-state index in [4.69, 9.17) is 5.73 Å². The molecule has 5 heteroatoms. The smallest absolute Gasteiger partial charge is 0.223 e. The molecular weight excluding hydrogens is 204 g/mol. The largest absolute Gasteiger partial charge is 0.396 e. The van der Waals surface area contributed by atoms with Gasteiger partial charge < -0.3 is 16.2 Å². The molecule has 0 spiro atoms. The van der Waals surface area contributed by atoms with Gasteiger partial charge in [-0.25, -0.2) is 9.97 Å². The molecule has 16 heavy (non-hydrogen) atoms. The minimum atomic E-state index is -0.242. The van der Waals surface area contributed by atoms with E-state index >= 15 is 0 Å². The van der Waals surface area contributed by atoms with Crippen molar-refractivity contribution < 1.29 is 5.11 Å². The van der Waals surface area contributed by atoms with Crippen LogP contribution in [0.3, 0.4) is 0 Å². The molecule has 1 heterocycles. The standard InChI is InChI=1S/C11H18N4O/c12-9-6-13-10(14-7-9)15-11(8-16)4-2-1-3-5-11/h6-7,16H,1-5,8,12H2,(H,13,14,15). The van der Waals surface area contributed by atoms with Crippen LogP contribution in [0.25, 0.3) is 0 Å². The van der Waals surface area contributed by atoms with Crippen LogP contribution in [-0.2, 0) is 0 Å². The Morgan fingerprint density at radius 1 is 1.25 bits per heavy atom. The third kappa shape index (κ3) is 2.41. The molecule has 1 aromatic heterocycles. The van der Waals surface area contributed by atoms with Gasteiger partial charge in [-0.3, -0.25) is 0 Å². The van der Waals surface area contributed by atoms with Gasteiger partial charge >= 0.3 is 0 Å². The van der Waals surface area contributed by atoms with Crippen molar-refractivity contribution in [3.63, 3.8) is 0 Å². The van der Waals surface area contributed by atoms with Gasteiger partial charge in [0.25, 0.3) is 0 Å². The predicted molar refractivity (Wildman–Crippen MR) is 63.0 cm³/mol. The van der Waals surface area contributed by atoms with Crippen LogP contribution in [0.5, 0.6) is 0 Å². The quantitative estimate of drug-likeness (QED) is 0.715. The van der Waals surface area contributed by atoms with Gasteiger partial charge in [0, 0.05) is 0 Å². The summed E-state index contributed by atoms with van der Waals surface area (Å²) < 4.78 is 0. The van der Waals surface area contributed by atoms with Gasteiger partial charge in [0.15, 0.2) is 0 Å². The van der Waals surface area contributed by atoms with Crippen molar-refractivity contribution >= 4 is 11.6 Å². The van der Waals surface area contributed by atoms with Crippen molar-refractivity contribution in [1.82, 2.24) is 9.97 Å². The molecule has 1 saturated carbocycles. The second-order valence-corrected chi connectivity index (χ2v) is 4.46. The molecule has 0 unspecified atom stereocenters. The average molecular weight is 222 g/mol. The van der Waals surface area contributed by atoms with E-state index in [1.54, 1.807) is 12.4 Å². The summed E-state index contributed by atoms with van der Waals surface area (Å²) in [6.45, 7) is 0.126. The summed E-state index contributed by atoms with van der Waals surface area (Å²) in [6, 6.07) is 0. The zero-order chi connectivity index (χ0) is 11.4. The first-order valence-electron chi connectivity index (χ1n) is 5.71. The fraction of sp³-hybridized carbons (Fsp3) is 0.636. The van der Waals surface area contributed by atoms with Gasteiger partial charge in [0.1, 0.15) is 0 Å². The highest BCUT2D eigenvalue weighted by Gasteiger charge is 2.31. The number of rotatable bonds is 3. The maximum atomic E-state index is 9.51. The zero-order valence-electron chi connectivity index (χ0n) is 9.32. The first kappa shape index (κ1) is 11.1. The summed E-state index contributed by atoms with van der Waals surface area (Å²) >= 11 is 0. The summed E-state index contributed by atoms with van der Waals surface area (Å²) in [6.07, 6.45) is 8.61. The van der Waals surface area contributed by atoms with Crippen molar-refractivity contribution in [3.05, 3.63) is 12.4 Å². The molecule has 0 atom stereocenters. The van der Waals surface area contributed by atoms with E-state index in [2.05, 4.69) is 15.3 Å². The molecule has 0 amide bonds. The number of aliphatic hydroxyl groups is 1. The van der Waals surface area contributed by atoms with E-state index in [-0.39, 0.29) is 12.1 Å². The van der Waals surface area contributed by atoms with Crippen LogP contribution in [-0.4, -0.2) is 27.2 Å². The van der Waals surface area contributed by atoms with Crippen molar-refractivity contribution in [1.29, 1.82) is 0 Å². The summed E-state index contributed by atoms with van der Waals surface area (Å²) in [5.74, 6) is 0.546. The second kappa shape index (κ2) is 4.65. The third-order valence-electron chi connectivity index (χ3n) is 3.16. The fourth-order valence-electron chi connectivity index (χ4n) is 2.19. The Hall–Kier alpha value is -1.36. The monoisotopic (exact) mass is 222 g/mol. The van der Waals surface area contributed by atoms with Crippen LogP contribution < -0.4 is 11.1 Å². The van der Waals surface area contributed by atoms with Gasteiger partial charge in [-0.2, -0.15) is 0 Å². The third-order valence-corrected chi connectivity index (χ3v) is 3.16. The number of nitrogens with zero attached hydrogens (tertiary/aromatic N) is 2. The Morgan fingerprint density at radius 3 is 2.44 bits per heavy atom. The van der Waals surface area contributed by atoms with Crippen LogP contribution in [0.1, 0.15) is 32.1 Å². The molecule has 1 aliphatic rings. The number of nitrogens with two attached hydrogens (primary N) is 1. The molecule has 2 rings (SSSR count). The average Bonchev–Trinajstić information content (AvgIpc) is 2.33. The summed E-state index contributed by atoms with van der Waals surface area (Å²) in [5.41, 5.74) is 5.83. The predicted octanol–water partition coefficient (Wildman–Crippen LogP) is 1.17. The van der Waals surface area contributed by atoms with Gasteiger partial charge in [-0.1, -0.05) is 19.3 Å². The first-order valence-corrected chi connectivity index (χ1v) is 5.71. The van der Waals surface area contributed by atoms with Crippen molar-refractivity contribution in [2.75, 3.05) is 17.7 Å². The molecule has 5 nitrogen and oxygen atoms in total. The summed E-state index contributed by atoms with van der Waals surface area (Å²) in [5, 5.41) is 12.8. The molecule has 0 bridgehead atoms. The molecule has 1 aliphatic carbocycles. The number of hydrogen-bond acceptors (Lipinski definition) is 5. The number of hydrogen-bond donors (Lipinski definition) is 3. The Balaban J connectivity index is 2.08. The normalized spacial score (nSPS) is 19.3. The van der Waals surface area contributed by atoms with Crippen LogP contribution in [0.2, 0.25) is 0 Å². The number of aliphatic hydroxyl groups excluding tert-OH is 1. The maximum Gasteiger partial charge on any atom is 0.223 e. The zero-order valence-corrected chi connectivity index (χ0v) is 9.32. The second-order valence-electron chi connectivity index (χ2n) is 4.46. The van der Waals surface area contributed by atoms with Gasteiger partial charge in [0.2, 0.25) is 5.95 Å². The highest BCUT2D eigenvalue weighted by atomic mass is 16.3. The number of aromatic nitrogens is 2. The number of anilines is 2. The highest BCUT2D eigenvalue weighted by Crippen LogP contribution is 2.30. The lowest BCUT2D eigenvalue weighted by Crippen LogP contribution is -2.44. The molecule has 0 radical (unpaired) electrons. The fourth-order valence-corrected chi connectivity index (χ4v) is 2.19. The Labute approximate surface area is 95.1 Å². The molecule has 88 valence electrons. The van der Waals surface area contributed by atoms with Gasteiger partial charge in [0.05, 0.1) is 30.2 Å². The highest BCUT2D eigenvalue weighted by molar-refractivity contribution is 5.37. The van der Waals surface area contributed by atoms with E-state index in [9.17, 15) is 5.11 Å². The van der Waals surface area contributed by atoms with Crippen LogP contribution in [0.15, 0.2) is 12.4 Å². The van der Waals surface area contributed by atoms with Crippen molar-refractivity contribution in [3.8, 4) is 0 Å². The van der Waals surface area contributed by atoms with Gasteiger partial charge in [-0.05, 0) is 12.8 Å². The minimum absolute atomic E-state index is 0.126. The first-order chi connectivity index (χ1) is 7.74. The molecular formula is C11H18N4O. The van der Waals surface area contributed by atoms with Crippen molar-refractivity contribution in [2.24, 2.45) is 0 Å². The van der Waals surface area contributed by atoms with Gasteiger partial charge in [-0.15, -0.1) is 0 Å². The molecule has 4 N–H and O–H groups in total. The number of nitrogen functional groups attached to an aromatic ring is 1. The Morgan fingerprint density at radius 2 is 1.88 bits per heavy atom. The SMILES string of the molecule is Nc1cnc(NC2(CO)CCCCC2)nc1. The van der Waals surface area contributed by atoms with E-state index in [0.29, 0.717) is 11.6 Å². The Kier molecular flexibility index (Phi) is 3.24. The lowest BCUT2D eigenvalue weighted by atomic mass is 9.82. The maximum absolute atomic E-state index is 9.51. The topological polar surface area (TPSA) is 84.1 Å². The molecule has 1 fully saturated rings. The summed E-state index contributed by atoms with van der Waals surface area (Å²) in [7, 11) is 0. The van der Waals surface area contributed by atoms with E-state index in [0.717, 1.165) is 25.7 Å².